The Morgan fingerprint density at radius 1 is 1.53 bits per heavy atom. The zero-order chi connectivity index (χ0) is 14.2. The van der Waals surface area contributed by atoms with Gasteiger partial charge in [0.1, 0.15) is 0 Å². The lowest BCUT2D eigenvalue weighted by molar-refractivity contribution is 0.232. The zero-order valence-electron chi connectivity index (χ0n) is 11.2. The van der Waals surface area contributed by atoms with E-state index in [2.05, 4.69) is 21.8 Å². The van der Waals surface area contributed by atoms with Crippen LogP contribution in [0.25, 0.3) is 0 Å². The van der Waals surface area contributed by atoms with Gasteiger partial charge in [-0.15, -0.1) is 16.2 Å². The number of aromatic nitrogens is 3. The van der Waals surface area contributed by atoms with Gasteiger partial charge in [-0.2, -0.15) is 4.68 Å². The van der Waals surface area contributed by atoms with E-state index < -0.39 is 17.3 Å². The van der Waals surface area contributed by atoms with Gasteiger partial charge in [-0.05, 0) is 26.7 Å². The number of nitrogens with one attached hydrogen (secondary N) is 2. The van der Waals surface area contributed by atoms with Gasteiger partial charge in [-0.3, -0.25) is 0 Å². The van der Waals surface area contributed by atoms with Crippen molar-refractivity contribution < 1.29 is 4.79 Å². The van der Waals surface area contributed by atoms with Gasteiger partial charge in [0.15, 0.2) is 5.82 Å². The Hall–Kier alpha value is -2.23. The summed E-state index contributed by atoms with van der Waals surface area (Å²) >= 11 is 0. The predicted octanol–water partition coefficient (Wildman–Crippen LogP) is 0.0650. The second-order valence-corrected chi connectivity index (χ2v) is 5.09. The van der Waals surface area contributed by atoms with Gasteiger partial charge in [-0.1, -0.05) is 5.92 Å². The van der Waals surface area contributed by atoms with E-state index >= 15 is 0 Å². The predicted molar refractivity (Wildman–Crippen MR) is 70.6 cm³/mol. The highest BCUT2D eigenvalue weighted by atomic mass is 16.2. The average Bonchev–Trinajstić information content (AvgIpc) is 3.13. The molecule has 0 aliphatic heterocycles. The fourth-order valence-corrected chi connectivity index (χ4v) is 1.69. The first-order valence-corrected chi connectivity index (χ1v) is 6.09. The molecule has 0 spiro atoms. The van der Waals surface area contributed by atoms with Crippen LogP contribution in [0.3, 0.4) is 0 Å². The van der Waals surface area contributed by atoms with Crippen molar-refractivity contribution in [2.75, 3.05) is 12.5 Å². The highest BCUT2D eigenvalue weighted by Crippen LogP contribution is 2.38. The third-order valence-corrected chi connectivity index (χ3v) is 2.94. The minimum absolute atomic E-state index is 0.245. The number of terminal acetylenes is 1. The normalized spacial score (nSPS) is 14.8. The molecule has 1 fully saturated rings. The van der Waals surface area contributed by atoms with E-state index in [1.807, 2.05) is 0 Å². The Kier molecular flexibility index (Phi) is 3.10. The first-order valence-electron chi connectivity index (χ1n) is 6.09. The molecule has 1 aromatic rings. The quantitative estimate of drug-likeness (QED) is 0.756. The molecule has 102 valence electrons. The van der Waals surface area contributed by atoms with Crippen LogP contribution in [0.2, 0.25) is 0 Å². The van der Waals surface area contributed by atoms with Gasteiger partial charge in [-0.25, -0.2) is 9.59 Å². The van der Waals surface area contributed by atoms with E-state index in [-0.39, 0.29) is 5.92 Å². The van der Waals surface area contributed by atoms with E-state index in [0.717, 1.165) is 17.5 Å². The summed E-state index contributed by atoms with van der Waals surface area (Å²) in [6.07, 6.45) is 7.26. The van der Waals surface area contributed by atoms with Crippen LogP contribution in [-0.4, -0.2) is 33.1 Å². The van der Waals surface area contributed by atoms with Gasteiger partial charge in [0.2, 0.25) is 0 Å². The topological polar surface area (TPSA) is 81.0 Å². The lowest BCUT2D eigenvalue weighted by Gasteiger charge is -2.18. The van der Waals surface area contributed by atoms with Crippen LogP contribution in [0.4, 0.5) is 4.79 Å². The Balaban J connectivity index is 2.33. The first-order chi connectivity index (χ1) is 8.89. The lowest BCUT2D eigenvalue weighted by atomic mass is 10.1. The lowest BCUT2D eigenvalue weighted by Crippen LogP contribution is -2.47. The standard InChI is InChI=1S/C12H17N5O2/c1-5-12(2,3)14-10(18)17-11(19)16(13-4)9(15-17)8-6-7-8/h1,8,13H,6-7H2,2-4H3,(H,14,18). The number of hydrogen-bond donors (Lipinski definition) is 2. The number of hydrogen-bond acceptors (Lipinski definition) is 4. The minimum atomic E-state index is -0.834. The Morgan fingerprint density at radius 2 is 2.16 bits per heavy atom. The molecule has 0 unspecified atom stereocenters. The van der Waals surface area contributed by atoms with Crippen LogP contribution in [0, 0.1) is 12.3 Å². The van der Waals surface area contributed by atoms with Crippen LogP contribution in [-0.2, 0) is 0 Å². The molecule has 0 aromatic carbocycles. The van der Waals surface area contributed by atoms with Crippen molar-refractivity contribution in [2.45, 2.75) is 38.1 Å². The summed E-state index contributed by atoms with van der Waals surface area (Å²) in [4.78, 5) is 24.1. The highest BCUT2D eigenvalue weighted by Gasteiger charge is 2.32. The van der Waals surface area contributed by atoms with Gasteiger partial charge >= 0.3 is 11.7 Å². The number of nitrogens with zero attached hydrogens (tertiary/aromatic N) is 3. The van der Waals surface area contributed by atoms with Crippen LogP contribution < -0.4 is 16.4 Å². The molecule has 7 nitrogen and oxygen atoms in total. The van der Waals surface area contributed by atoms with E-state index in [1.54, 1.807) is 20.9 Å². The maximum absolute atomic E-state index is 12.1. The smallest absolute Gasteiger partial charge is 0.323 e. The van der Waals surface area contributed by atoms with Crippen molar-refractivity contribution >= 4 is 6.03 Å². The van der Waals surface area contributed by atoms with Gasteiger partial charge in [0.25, 0.3) is 0 Å². The molecule has 1 heterocycles. The second kappa shape index (κ2) is 4.46. The Bertz CT molecular complexity index is 601. The molecule has 1 aromatic heterocycles. The van der Waals surface area contributed by atoms with E-state index in [4.69, 9.17) is 6.42 Å². The van der Waals surface area contributed by atoms with Crippen molar-refractivity contribution in [3.8, 4) is 12.3 Å². The summed E-state index contributed by atoms with van der Waals surface area (Å²) < 4.78 is 2.10. The summed E-state index contributed by atoms with van der Waals surface area (Å²) in [5, 5.41) is 6.66. The van der Waals surface area contributed by atoms with Crippen LogP contribution in [0.15, 0.2) is 4.79 Å². The molecule has 2 rings (SSSR count). The summed E-state index contributed by atoms with van der Waals surface area (Å²) in [5.74, 6) is 3.26. The van der Waals surface area contributed by atoms with E-state index in [1.165, 1.54) is 4.68 Å². The highest BCUT2D eigenvalue weighted by molar-refractivity contribution is 5.76. The van der Waals surface area contributed by atoms with Crippen molar-refractivity contribution in [1.82, 2.24) is 19.8 Å². The first kappa shape index (κ1) is 13.2. The molecule has 1 amide bonds. The second-order valence-electron chi connectivity index (χ2n) is 5.09. The van der Waals surface area contributed by atoms with Crippen LogP contribution in [0.1, 0.15) is 38.4 Å². The summed E-state index contributed by atoms with van der Waals surface area (Å²) in [5.41, 5.74) is 1.39. The van der Waals surface area contributed by atoms with Crippen molar-refractivity contribution in [3.63, 3.8) is 0 Å². The van der Waals surface area contributed by atoms with Crippen LogP contribution >= 0.6 is 0 Å². The average molecular weight is 263 g/mol. The fourth-order valence-electron chi connectivity index (χ4n) is 1.69. The third kappa shape index (κ3) is 2.47. The molecule has 0 atom stereocenters. The maximum atomic E-state index is 12.1. The molecule has 7 heteroatoms. The fraction of sp³-hybridized carbons (Fsp3) is 0.583. The Morgan fingerprint density at radius 3 is 2.63 bits per heavy atom. The van der Waals surface area contributed by atoms with E-state index in [0.29, 0.717) is 5.82 Å². The SMILES string of the molecule is C#CC(C)(C)NC(=O)n1nc(C2CC2)n(NC)c1=O. The van der Waals surface area contributed by atoms with Crippen molar-refractivity contribution in [3.05, 3.63) is 16.3 Å². The largest absolute Gasteiger partial charge is 0.373 e. The molecule has 2 N–H and O–H groups in total. The molecule has 0 bridgehead atoms. The third-order valence-electron chi connectivity index (χ3n) is 2.94. The molecule has 0 saturated heterocycles. The molecular weight excluding hydrogens is 246 g/mol. The summed E-state index contributed by atoms with van der Waals surface area (Å²) in [6, 6.07) is -0.621. The molecule has 1 aliphatic carbocycles. The van der Waals surface area contributed by atoms with Gasteiger partial charge in [0, 0.05) is 13.0 Å². The van der Waals surface area contributed by atoms with Crippen LogP contribution in [0.5, 0.6) is 0 Å². The molecule has 19 heavy (non-hydrogen) atoms. The molecule has 0 radical (unpaired) electrons. The van der Waals surface area contributed by atoms with Crippen molar-refractivity contribution in [1.29, 1.82) is 0 Å². The zero-order valence-corrected chi connectivity index (χ0v) is 11.2. The van der Waals surface area contributed by atoms with Gasteiger partial charge in [0.05, 0.1) is 5.54 Å². The summed E-state index contributed by atoms with van der Waals surface area (Å²) in [6.45, 7) is 3.35. The van der Waals surface area contributed by atoms with Gasteiger partial charge < -0.3 is 10.7 Å². The Labute approximate surface area is 111 Å². The number of carbonyl (C=O) groups excluding carboxylic acids is 1. The number of rotatable bonds is 3. The van der Waals surface area contributed by atoms with Crippen molar-refractivity contribution in [2.24, 2.45) is 0 Å². The molecular formula is C12H17N5O2. The molecule has 1 aliphatic rings. The monoisotopic (exact) mass is 263 g/mol. The number of carbonyl (C=O) groups is 1. The maximum Gasteiger partial charge on any atom is 0.373 e. The van der Waals surface area contributed by atoms with E-state index in [9.17, 15) is 9.59 Å². The number of amides is 1. The molecule has 1 saturated carbocycles. The minimum Gasteiger partial charge on any atom is -0.323 e. The summed E-state index contributed by atoms with van der Waals surface area (Å²) in [7, 11) is 1.61.